The van der Waals surface area contributed by atoms with Crippen molar-refractivity contribution in [1.29, 1.82) is 0 Å². The molecule has 1 saturated carbocycles. The summed E-state index contributed by atoms with van der Waals surface area (Å²) in [5.41, 5.74) is 2.45. The van der Waals surface area contributed by atoms with Gasteiger partial charge in [0.05, 0.1) is 6.10 Å². The molecule has 2 aromatic rings. The molecule has 0 spiro atoms. The van der Waals surface area contributed by atoms with Crippen LogP contribution in [0.2, 0.25) is 0 Å². The normalized spacial score (nSPS) is 24.8. The van der Waals surface area contributed by atoms with Gasteiger partial charge in [-0.05, 0) is 19.4 Å². The summed E-state index contributed by atoms with van der Waals surface area (Å²) in [5, 5.41) is 4.89. The maximum Gasteiger partial charge on any atom is 0.134 e. The van der Waals surface area contributed by atoms with Crippen molar-refractivity contribution >= 4 is 11.0 Å². The van der Waals surface area contributed by atoms with Crippen molar-refractivity contribution in [3.63, 3.8) is 0 Å². The van der Waals surface area contributed by atoms with E-state index in [-0.39, 0.29) is 5.41 Å². The van der Waals surface area contributed by atoms with E-state index in [1.54, 1.807) is 7.11 Å². The van der Waals surface area contributed by atoms with Crippen LogP contribution in [0.5, 0.6) is 0 Å². The van der Waals surface area contributed by atoms with Crippen LogP contribution < -0.4 is 5.32 Å². The van der Waals surface area contributed by atoms with E-state index in [4.69, 9.17) is 9.15 Å². The van der Waals surface area contributed by atoms with E-state index in [1.807, 2.05) is 19.1 Å². The number of furan rings is 1. The maximum absolute atomic E-state index is 5.81. The molecule has 3 heteroatoms. The molecule has 0 radical (unpaired) electrons. The summed E-state index contributed by atoms with van der Waals surface area (Å²) in [5.74, 6) is 1.01. The second kappa shape index (κ2) is 4.90. The third kappa shape index (κ3) is 2.05. The largest absolute Gasteiger partial charge is 0.461 e. The minimum Gasteiger partial charge on any atom is -0.461 e. The minimum absolute atomic E-state index is 0.197. The minimum atomic E-state index is 0.197. The van der Waals surface area contributed by atoms with Gasteiger partial charge in [-0.15, -0.1) is 0 Å². The molecule has 0 bridgehead atoms. The first-order valence-corrected chi connectivity index (χ1v) is 7.27. The van der Waals surface area contributed by atoms with Crippen molar-refractivity contribution < 1.29 is 9.15 Å². The van der Waals surface area contributed by atoms with Crippen LogP contribution in [-0.4, -0.2) is 19.3 Å². The van der Waals surface area contributed by atoms with E-state index in [9.17, 15) is 0 Å². The van der Waals surface area contributed by atoms with Crippen molar-refractivity contribution in [2.45, 2.75) is 45.9 Å². The first-order chi connectivity index (χ1) is 9.54. The van der Waals surface area contributed by atoms with E-state index >= 15 is 0 Å². The lowest BCUT2D eigenvalue weighted by Crippen LogP contribution is -2.60. The van der Waals surface area contributed by atoms with Gasteiger partial charge in [0.1, 0.15) is 11.3 Å². The number of ether oxygens (including phenoxy) is 1. The molecule has 2 unspecified atom stereocenters. The van der Waals surface area contributed by atoms with Gasteiger partial charge in [-0.3, -0.25) is 0 Å². The van der Waals surface area contributed by atoms with Gasteiger partial charge in [-0.25, -0.2) is 0 Å². The molecule has 20 heavy (non-hydrogen) atoms. The molecule has 3 nitrogen and oxygen atoms in total. The molecular weight excluding hydrogens is 250 g/mol. The lowest BCUT2D eigenvalue weighted by Gasteiger charge is -2.51. The van der Waals surface area contributed by atoms with Crippen molar-refractivity contribution in [2.24, 2.45) is 5.41 Å². The van der Waals surface area contributed by atoms with Gasteiger partial charge in [0.15, 0.2) is 0 Å². The van der Waals surface area contributed by atoms with Crippen LogP contribution >= 0.6 is 0 Å². The molecule has 0 aliphatic heterocycles. The van der Waals surface area contributed by atoms with E-state index in [0.717, 1.165) is 24.3 Å². The first kappa shape index (κ1) is 13.7. The second-order valence-corrected chi connectivity index (χ2v) is 6.35. The summed E-state index contributed by atoms with van der Waals surface area (Å²) in [7, 11) is 1.80. The number of hydrogen-bond acceptors (Lipinski definition) is 3. The number of methoxy groups -OCH3 is 1. The Kier molecular flexibility index (Phi) is 3.35. The molecule has 3 rings (SSSR count). The highest BCUT2D eigenvalue weighted by atomic mass is 16.5. The molecule has 2 atom stereocenters. The summed E-state index contributed by atoms with van der Waals surface area (Å²) in [6.45, 7) is 7.43. The third-order valence-corrected chi connectivity index (χ3v) is 4.89. The monoisotopic (exact) mass is 273 g/mol. The van der Waals surface area contributed by atoms with E-state index in [0.29, 0.717) is 12.1 Å². The smallest absolute Gasteiger partial charge is 0.134 e. The number of aryl methyl sites for hydroxylation is 1. The average molecular weight is 273 g/mol. The first-order valence-electron chi connectivity index (χ1n) is 7.27. The Morgan fingerprint density at radius 2 is 2.10 bits per heavy atom. The zero-order chi connectivity index (χ0) is 14.3. The summed E-state index contributed by atoms with van der Waals surface area (Å²) < 4.78 is 11.3. The van der Waals surface area contributed by atoms with E-state index < -0.39 is 0 Å². The number of hydrogen-bond donors (Lipinski definition) is 1. The molecule has 1 aliphatic rings. The summed E-state index contributed by atoms with van der Waals surface area (Å²) in [6.07, 6.45) is 1.44. The van der Waals surface area contributed by atoms with E-state index in [2.05, 4.69) is 31.3 Å². The maximum atomic E-state index is 5.81. The van der Waals surface area contributed by atoms with Crippen molar-refractivity contribution in [3.8, 4) is 0 Å². The van der Waals surface area contributed by atoms with Gasteiger partial charge in [-0.1, -0.05) is 32.0 Å². The average Bonchev–Trinajstić information content (AvgIpc) is 2.74. The fourth-order valence-electron chi connectivity index (χ4n) is 3.30. The summed E-state index contributed by atoms with van der Waals surface area (Å²) in [4.78, 5) is 0. The summed E-state index contributed by atoms with van der Waals surface area (Å²) in [6, 6.07) is 8.74. The molecule has 1 heterocycles. The van der Waals surface area contributed by atoms with Crippen LogP contribution in [0, 0.1) is 12.3 Å². The van der Waals surface area contributed by atoms with Crippen molar-refractivity contribution in [1.82, 2.24) is 5.32 Å². The number of fused-ring (bicyclic) bond motifs is 1. The highest BCUT2D eigenvalue weighted by Gasteiger charge is 2.48. The molecule has 1 aromatic carbocycles. The zero-order valence-electron chi connectivity index (χ0n) is 12.7. The second-order valence-electron chi connectivity index (χ2n) is 6.35. The zero-order valence-corrected chi connectivity index (χ0v) is 12.7. The molecule has 1 aliphatic carbocycles. The molecule has 108 valence electrons. The van der Waals surface area contributed by atoms with Gasteiger partial charge in [0.2, 0.25) is 0 Å². The fourth-order valence-corrected chi connectivity index (χ4v) is 3.30. The molecule has 0 amide bonds. The number of rotatable bonds is 4. The fraction of sp³-hybridized carbons (Fsp3) is 0.529. The van der Waals surface area contributed by atoms with Crippen LogP contribution in [0.3, 0.4) is 0 Å². The molecular formula is C17H23NO2. The number of benzene rings is 1. The summed E-state index contributed by atoms with van der Waals surface area (Å²) >= 11 is 0. The third-order valence-electron chi connectivity index (χ3n) is 4.89. The SMILES string of the molecule is COC1CC(NCc2c(C)oc3ccccc23)C1(C)C. The predicted octanol–water partition coefficient (Wildman–Crippen LogP) is 3.64. The quantitative estimate of drug-likeness (QED) is 0.923. The Bertz CT molecular complexity index is 614. The number of para-hydroxylation sites is 1. The van der Waals surface area contributed by atoms with Crippen molar-refractivity contribution in [3.05, 3.63) is 35.6 Å². The van der Waals surface area contributed by atoms with E-state index in [1.165, 1.54) is 10.9 Å². The van der Waals surface area contributed by atoms with Gasteiger partial charge in [0.25, 0.3) is 0 Å². The predicted molar refractivity (Wildman–Crippen MR) is 80.8 cm³/mol. The highest BCUT2D eigenvalue weighted by Crippen LogP contribution is 2.42. The Morgan fingerprint density at radius 1 is 1.35 bits per heavy atom. The lowest BCUT2D eigenvalue weighted by atomic mass is 9.64. The van der Waals surface area contributed by atoms with Gasteiger partial charge in [-0.2, -0.15) is 0 Å². The Morgan fingerprint density at radius 3 is 2.80 bits per heavy atom. The van der Waals surface area contributed by atoms with Crippen LogP contribution in [-0.2, 0) is 11.3 Å². The van der Waals surface area contributed by atoms with Crippen LogP contribution in [0.4, 0.5) is 0 Å². The topological polar surface area (TPSA) is 34.4 Å². The standard InChI is InChI=1S/C17H23NO2/c1-11-13(12-7-5-6-8-14(12)20-11)10-18-15-9-16(19-4)17(15,2)3/h5-8,15-16,18H,9-10H2,1-4H3. The lowest BCUT2D eigenvalue weighted by molar-refractivity contribution is -0.0978. The molecule has 1 N–H and O–H groups in total. The Balaban J connectivity index is 1.74. The van der Waals surface area contributed by atoms with Crippen LogP contribution in [0.1, 0.15) is 31.6 Å². The molecule has 1 aromatic heterocycles. The molecule has 1 fully saturated rings. The van der Waals surface area contributed by atoms with Crippen LogP contribution in [0.25, 0.3) is 11.0 Å². The van der Waals surface area contributed by atoms with Crippen molar-refractivity contribution in [2.75, 3.05) is 7.11 Å². The molecule has 0 saturated heterocycles. The Labute approximate surface area is 120 Å². The van der Waals surface area contributed by atoms with Gasteiger partial charge in [0, 0.05) is 36.1 Å². The highest BCUT2D eigenvalue weighted by molar-refractivity contribution is 5.82. The van der Waals surface area contributed by atoms with Gasteiger partial charge < -0.3 is 14.5 Å². The van der Waals surface area contributed by atoms with Gasteiger partial charge >= 0.3 is 0 Å². The Hall–Kier alpha value is -1.32. The van der Waals surface area contributed by atoms with Crippen LogP contribution in [0.15, 0.2) is 28.7 Å². The number of nitrogens with one attached hydrogen (secondary N) is 1.